The molecule has 3 heteroatoms. The Bertz CT molecular complexity index is 240. The molecule has 0 amide bonds. The number of aromatic nitrogens is 2. The number of allylic oxidation sites excluding steroid dienone is 1. The summed E-state index contributed by atoms with van der Waals surface area (Å²) in [6, 6.07) is 0. The van der Waals surface area contributed by atoms with E-state index < -0.39 is 0 Å². The van der Waals surface area contributed by atoms with Gasteiger partial charge in [-0.1, -0.05) is 17.7 Å². The highest BCUT2D eigenvalue weighted by Crippen LogP contribution is 2.12. The van der Waals surface area contributed by atoms with Crippen molar-refractivity contribution in [2.24, 2.45) is 0 Å². The molecule has 0 aromatic carbocycles. The lowest BCUT2D eigenvalue weighted by molar-refractivity contribution is 0.703. The lowest BCUT2D eigenvalue weighted by Crippen LogP contribution is -1.96. The van der Waals surface area contributed by atoms with Gasteiger partial charge in [0.1, 0.15) is 5.15 Å². The fourth-order valence-electron chi connectivity index (χ4n) is 0.713. The number of halogens is 1. The summed E-state index contributed by atoms with van der Waals surface area (Å²) in [5, 5.41) is 4.71. The smallest absolute Gasteiger partial charge is 0.130 e. The fourth-order valence-corrected chi connectivity index (χ4v) is 0.875. The van der Waals surface area contributed by atoms with Crippen LogP contribution in [0.2, 0.25) is 5.15 Å². The quantitative estimate of drug-likeness (QED) is 0.600. The van der Waals surface area contributed by atoms with Gasteiger partial charge in [-0.3, -0.25) is 0 Å². The first kappa shape index (κ1) is 7.35. The van der Waals surface area contributed by atoms with E-state index in [1.165, 1.54) is 0 Å². The van der Waals surface area contributed by atoms with E-state index in [-0.39, 0.29) is 0 Å². The standard InChI is InChI=1S/C7H9ClN2/c1-3-4-10-7(8)6(2)5-9-10/h3,5H,1,4H2,2H3. The van der Waals surface area contributed by atoms with Crippen LogP contribution in [-0.2, 0) is 6.54 Å². The second kappa shape index (κ2) is 2.88. The van der Waals surface area contributed by atoms with Gasteiger partial charge in [0.25, 0.3) is 0 Å². The highest BCUT2D eigenvalue weighted by atomic mass is 35.5. The molecule has 2 nitrogen and oxygen atoms in total. The Morgan fingerprint density at radius 3 is 3.00 bits per heavy atom. The van der Waals surface area contributed by atoms with E-state index >= 15 is 0 Å². The van der Waals surface area contributed by atoms with E-state index in [0.29, 0.717) is 11.7 Å². The molecule has 0 spiro atoms. The zero-order valence-electron chi connectivity index (χ0n) is 5.84. The van der Waals surface area contributed by atoms with Gasteiger partial charge in [-0.25, -0.2) is 4.68 Å². The number of aryl methyl sites for hydroxylation is 1. The van der Waals surface area contributed by atoms with Gasteiger partial charge in [-0.2, -0.15) is 5.10 Å². The molecule has 0 fully saturated rings. The Labute approximate surface area is 65.1 Å². The van der Waals surface area contributed by atoms with Gasteiger partial charge in [-0.15, -0.1) is 6.58 Å². The van der Waals surface area contributed by atoms with Gasteiger partial charge in [0.15, 0.2) is 0 Å². The van der Waals surface area contributed by atoms with Crippen LogP contribution in [0.5, 0.6) is 0 Å². The zero-order chi connectivity index (χ0) is 7.56. The van der Waals surface area contributed by atoms with Crippen LogP contribution in [0, 0.1) is 6.92 Å². The van der Waals surface area contributed by atoms with Gasteiger partial charge in [0, 0.05) is 5.56 Å². The predicted molar refractivity (Wildman–Crippen MR) is 42.2 cm³/mol. The van der Waals surface area contributed by atoms with Crippen LogP contribution in [0.1, 0.15) is 5.56 Å². The molecule has 1 aromatic heterocycles. The molecule has 0 aliphatic heterocycles. The molecule has 0 aliphatic carbocycles. The maximum Gasteiger partial charge on any atom is 0.130 e. The molecule has 10 heavy (non-hydrogen) atoms. The molecule has 54 valence electrons. The summed E-state index contributed by atoms with van der Waals surface area (Å²) in [7, 11) is 0. The van der Waals surface area contributed by atoms with Gasteiger partial charge in [0.05, 0.1) is 12.7 Å². The first-order valence-corrected chi connectivity index (χ1v) is 3.42. The van der Waals surface area contributed by atoms with E-state index in [1.54, 1.807) is 17.0 Å². The van der Waals surface area contributed by atoms with E-state index in [1.807, 2.05) is 6.92 Å². The lowest BCUT2D eigenvalue weighted by Gasteiger charge is -1.95. The van der Waals surface area contributed by atoms with Crippen molar-refractivity contribution in [3.05, 3.63) is 29.6 Å². The summed E-state index contributed by atoms with van der Waals surface area (Å²) in [4.78, 5) is 0. The van der Waals surface area contributed by atoms with Crippen molar-refractivity contribution in [2.45, 2.75) is 13.5 Å². The first-order valence-electron chi connectivity index (χ1n) is 3.04. The van der Waals surface area contributed by atoms with Crippen molar-refractivity contribution in [3.63, 3.8) is 0 Å². The molecule has 0 saturated carbocycles. The molecule has 0 N–H and O–H groups in total. The third-order valence-corrected chi connectivity index (χ3v) is 1.74. The molecule has 0 radical (unpaired) electrons. The molecule has 0 aliphatic rings. The van der Waals surface area contributed by atoms with Crippen molar-refractivity contribution in [1.82, 2.24) is 9.78 Å². The second-order valence-electron chi connectivity index (χ2n) is 2.09. The van der Waals surface area contributed by atoms with Gasteiger partial charge in [0.2, 0.25) is 0 Å². The van der Waals surface area contributed by atoms with Gasteiger partial charge in [-0.05, 0) is 6.92 Å². The van der Waals surface area contributed by atoms with Crippen molar-refractivity contribution in [2.75, 3.05) is 0 Å². The van der Waals surface area contributed by atoms with Crippen molar-refractivity contribution in [1.29, 1.82) is 0 Å². The molecule has 1 aromatic rings. The molecular formula is C7H9ClN2. The summed E-state index contributed by atoms with van der Waals surface area (Å²) in [6.45, 7) is 6.19. The van der Waals surface area contributed by atoms with Crippen LogP contribution in [0.4, 0.5) is 0 Å². The molecule has 0 saturated heterocycles. The van der Waals surface area contributed by atoms with E-state index in [0.717, 1.165) is 5.56 Å². The SMILES string of the molecule is C=CCn1ncc(C)c1Cl. The molecule has 0 atom stereocenters. The lowest BCUT2D eigenvalue weighted by atomic mass is 10.4. The van der Waals surface area contributed by atoms with Crippen molar-refractivity contribution < 1.29 is 0 Å². The Morgan fingerprint density at radius 2 is 2.60 bits per heavy atom. The third kappa shape index (κ3) is 1.21. The van der Waals surface area contributed by atoms with E-state index in [9.17, 15) is 0 Å². The van der Waals surface area contributed by atoms with Crippen LogP contribution >= 0.6 is 11.6 Å². The number of hydrogen-bond acceptors (Lipinski definition) is 1. The second-order valence-corrected chi connectivity index (χ2v) is 2.45. The highest BCUT2D eigenvalue weighted by molar-refractivity contribution is 6.30. The largest absolute Gasteiger partial charge is 0.250 e. The molecule has 1 rings (SSSR count). The molecule has 1 heterocycles. The summed E-state index contributed by atoms with van der Waals surface area (Å²) in [5.41, 5.74) is 1.00. The first-order chi connectivity index (χ1) is 4.75. The van der Waals surface area contributed by atoms with Crippen LogP contribution in [0.25, 0.3) is 0 Å². The monoisotopic (exact) mass is 156 g/mol. The Kier molecular flexibility index (Phi) is 2.12. The summed E-state index contributed by atoms with van der Waals surface area (Å²) in [5.74, 6) is 0. The zero-order valence-corrected chi connectivity index (χ0v) is 6.60. The van der Waals surface area contributed by atoms with Crippen LogP contribution in [-0.4, -0.2) is 9.78 Å². The van der Waals surface area contributed by atoms with E-state index in [2.05, 4.69) is 11.7 Å². The summed E-state index contributed by atoms with van der Waals surface area (Å²) in [6.07, 6.45) is 3.50. The average molecular weight is 157 g/mol. The van der Waals surface area contributed by atoms with Crippen molar-refractivity contribution >= 4 is 11.6 Å². The molecule has 0 unspecified atom stereocenters. The highest BCUT2D eigenvalue weighted by Gasteiger charge is 2.00. The Hall–Kier alpha value is -0.760. The topological polar surface area (TPSA) is 17.8 Å². The minimum absolute atomic E-state index is 0.673. The normalized spacial score (nSPS) is 9.80. The van der Waals surface area contributed by atoms with E-state index in [4.69, 9.17) is 11.6 Å². The minimum Gasteiger partial charge on any atom is -0.250 e. The van der Waals surface area contributed by atoms with Gasteiger partial charge >= 0.3 is 0 Å². The third-order valence-electron chi connectivity index (χ3n) is 1.24. The molecular weight excluding hydrogens is 148 g/mol. The van der Waals surface area contributed by atoms with Crippen LogP contribution in [0.15, 0.2) is 18.9 Å². The van der Waals surface area contributed by atoms with Crippen molar-refractivity contribution in [3.8, 4) is 0 Å². The van der Waals surface area contributed by atoms with Gasteiger partial charge < -0.3 is 0 Å². The number of rotatable bonds is 2. The Morgan fingerprint density at radius 1 is 1.90 bits per heavy atom. The number of nitrogens with zero attached hydrogens (tertiary/aromatic N) is 2. The summed E-state index contributed by atoms with van der Waals surface area (Å²) >= 11 is 5.84. The Balaban J connectivity index is 2.93. The fraction of sp³-hybridized carbons (Fsp3) is 0.286. The van der Waals surface area contributed by atoms with Crippen LogP contribution in [0.3, 0.4) is 0 Å². The van der Waals surface area contributed by atoms with Crippen LogP contribution < -0.4 is 0 Å². The predicted octanol–water partition coefficient (Wildman–Crippen LogP) is 2.03. The summed E-state index contributed by atoms with van der Waals surface area (Å²) < 4.78 is 1.70. The maximum absolute atomic E-state index is 5.84. The number of hydrogen-bond donors (Lipinski definition) is 0. The maximum atomic E-state index is 5.84. The minimum atomic E-state index is 0.673. The average Bonchev–Trinajstić information content (AvgIpc) is 2.20. The molecule has 0 bridgehead atoms.